The standard InChI is InChI=1S/C33H60N2O2/c1-5-7-8-9-10-11-12-13-14-15-16-17-18-23-30(26-27-34-33(36)6-2)31-24-19-20-25-32(31)37-29-22-21-28-35(3)4/h19-20,24-25,30H,5-18,21-23,26-29H2,1-4H3,(H,34,36). The zero-order valence-corrected chi connectivity index (χ0v) is 25.0. The van der Waals surface area contributed by atoms with Gasteiger partial charge in [-0.1, -0.05) is 116 Å². The first-order valence-electron chi connectivity index (χ1n) is 15.7. The minimum absolute atomic E-state index is 0.144. The van der Waals surface area contributed by atoms with Crippen molar-refractivity contribution < 1.29 is 9.53 Å². The number of ether oxygens (including phenoxy) is 1. The molecule has 214 valence electrons. The Labute approximate surface area is 230 Å². The van der Waals surface area contributed by atoms with Crippen LogP contribution in [-0.4, -0.2) is 44.6 Å². The Hall–Kier alpha value is -1.55. The Kier molecular flexibility index (Phi) is 21.3. The van der Waals surface area contributed by atoms with Crippen molar-refractivity contribution in [3.63, 3.8) is 0 Å². The minimum atomic E-state index is 0.144. The fourth-order valence-corrected chi connectivity index (χ4v) is 5.04. The van der Waals surface area contributed by atoms with Crippen LogP contribution in [0.3, 0.4) is 0 Å². The largest absolute Gasteiger partial charge is 0.493 e. The molecule has 0 bridgehead atoms. The summed E-state index contributed by atoms with van der Waals surface area (Å²) in [6.45, 7) is 6.82. The van der Waals surface area contributed by atoms with Crippen LogP contribution in [0, 0.1) is 0 Å². The monoisotopic (exact) mass is 516 g/mol. The van der Waals surface area contributed by atoms with Crippen LogP contribution >= 0.6 is 0 Å². The molecule has 0 fully saturated rings. The van der Waals surface area contributed by atoms with E-state index >= 15 is 0 Å². The average molecular weight is 517 g/mol. The third-order valence-electron chi connectivity index (χ3n) is 7.41. The van der Waals surface area contributed by atoms with Crippen molar-refractivity contribution in [3.05, 3.63) is 29.8 Å². The summed E-state index contributed by atoms with van der Waals surface area (Å²) in [6, 6.07) is 8.59. The molecule has 1 N–H and O–H groups in total. The van der Waals surface area contributed by atoms with Gasteiger partial charge in [-0.15, -0.1) is 0 Å². The maximum absolute atomic E-state index is 11.8. The van der Waals surface area contributed by atoms with Gasteiger partial charge in [0.25, 0.3) is 0 Å². The van der Waals surface area contributed by atoms with Gasteiger partial charge in [0.2, 0.25) is 5.91 Å². The maximum Gasteiger partial charge on any atom is 0.219 e. The molecule has 0 aliphatic rings. The van der Waals surface area contributed by atoms with E-state index in [-0.39, 0.29) is 5.91 Å². The van der Waals surface area contributed by atoms with Gasteiger partial charge in [-0.3, -0.25) is 4.79 Å². The van der Waals surface area contributed by atoms with Crippen molar-refractivity contribution in [2.75, 3.05) is 33.8 Å². The SMILES string of the molecule is CCCCCCCCCCCCCCCC(CCNC(=O)CC)c1ccccc1OCCCCN(C)C. The average Bonchev–Trinajstić information content (AvgIpc) is 2.90. The van der Waals surface area contributed by atoms with Crippen molar-refractivity contribution in [2.24, 2.45) is 0 Å². The summed E-state index contributed by atoms with van der Waals surface area (Å²) in [5.74, 6) is 1.61. The molecule has 0 aromatic heterocycles. The van der Waals surface area contributed by atoms with Gasteiger partial charge < -0.3 is 15.0 Å². The molecule has 0 heterocycles. The summed E-state index contributed by atoms with van der Waals surface area (Å²) < 4.78 is 6.26. The van der Waals surface area contributed by atoms with Gasteiger partial charge >= 0.3 is 0 Å². The normalized spacial score (nSPS) is 12.1. The molecule has 0 aliphatic heterocycles. The molecule has 1 atom stereocenters. The number of nitrogens with one attached hydrogen (secondary N) is 1. The van der Waals surface area contributed by atoms with E-state index < -0.39 is 0 Å². The van der Waals surface area contributed by atoms with Gasteiger partial charge in [-0.05, 0) is 63.9 Å². The molecule has 1 amide bonds. The number of hydrogen-bond donors (Lipinski definition) is 1. The first-order chi connectivity index (χ1) is 18.1. The first kappa shape index (κ1) is 33.5. The summed E-state index contributed by atoms with van der Waals surface area (Å²) in [5.41, 5.74) is 1.32. The lowest BCUT2D eigenvalue weighted by molar-refractivity contribution is -0.120. The van der Waals surface area contributed by atoms with Crippen molar-refractivity contribution >= 4 is 5.91 Å². The Morgan fingerprint density at radius 2 is 1.38 bits per heavy atom. The van der Waals surface area contributed by atoms with Gasteiger partial charge in [-0.2, -0.15) is 0 Å². The van der Waals surface area contributed by atoms with Crippen LogP contribution in [-0.2, 0) is 4.79 Å². The Morgan fingerprint density at radius 1 is 0.784 bits per heavy atom. The molecular formula is C33H60N2O2. The lowest BCUT2D eigenvalue weighted by Gasteiger charge is -2.21. The van der Waals surface area contributed by atoms with Gasteiger partial charge in [0.05, 0.1) is 6.61 Å². The predicted molar refractivity (Wildman–Crippen MR) is 161 cm³/mol. The molecular weight excluding hydrogens is 456 g/mol. The number of nitrogens with zero attached hydrogens (tertiary/aromatic N) is 1. The lowest BCUT2D eigenvalue weighted by Crippen LogP contribution is -2.24. The van der Waals surface area contributed by atoms with E-state index in [4.69, 9.17) is 4.74 Å². The molecule has 1 aromatic carbocycles. The number of carbonyl (C=O) groups is 1. The maximum atomic E-state index is 11.8. The summed E-state index contributed by atoms with van der Waals surface area (Å²) in [6.07, 6.45) is 22.9. The highest BCUT2D eigenvalue weighted by atomic mass is 16.5. The third kappa shape index (κ3) is 18.4. The fourth-order valence-electron chi connectivity index (χ4n) is 5.04. The lowest BCUT2D eigenvalue weighted by atomic mass is 9.89. The highest BCUT2D eigenvalue weighted by Crippen LogP contribution is 2.33. The molecule has 37 heavy (non-hydrogen) atoms. The van der Waals surface area contributed by atoms with E-state index in [1.165, 1.54) is 95.5 Å². The van der Waals surface area contributed by atoms with Crippen LogP contribution in [0.15, 0.2) is 24.3 Å². The molecule has 1 aromatic rings. The van der Waals surface area contributed by atoms with E-state index in [0.29, 0.717) is 12.3 Å². The second-order valence-corrected chi connectivity index (χ2v) is 11.1. The molecule has 0 radical (unpaired) electrons. The van der Waals surface area contributed by atoms with Gasteiger partial charge in [-0.25, -0.2) is 0 Å². The first-order valence-corrected chi connectivity index (χ1v) is 15.7. The smallest absolute Gasteiger partial charge is 0.219 e. The van der Waals surface area contributed by atoms with Crippen LogP contribution in [0.2, 0.25) is 0 Å². The number of para-hydroxylation sites is 1. The van der Waals surface area contributed by atoms with Crippen LogP contribution in [0.25, 0.3) is 0 Å². The van der Waals surface area contributed by atoms with Crippen LogP contribution < -0.4 is 10.1 Å². The quantitative estimate of drug-likeness (QED) is 0.132. The summed E-state index contributed by atoms with van der Waals surface area (Å²) in [4.78, 5) is 14.0. The number of amides is 1. The second kappa shape index (κ2) is 23.6. The van der Waals surface area contributed by atoms with Crippen molar-refractivity contribution in [1.82, 2.24) is 10.2 Å². The number of rotatable bonds is 25. The van der Waals surface area contributed by atoms with E-state index in [9.17, 15) is 4.79 Å². The topological polar surface area (TPSA) is 41.6 Å². The van der Waals surface area contributed by atoms with Gasteiger partial charge in [0, 0.05) is 13.0 Å². The Balaban J connectivity index is 2.41. The van der Waals surface area contributed by atoms with E-state index in [1.807, 2.05) is 6.92 Å². The van der Waals surface area contributed by atoms with Crippen LogP contribution in [0.4, 0.5) is 0 Å². The van der Waals surface area contributed by atoms with Gasteiger partial charge in [0.15, 0.2) is 0 Å². The Morgan fingerprint density at radius 3 is 1.97 bits per heavy atom. The molecule has 1 unspecified atom stereocenters. The number of carbonyl (C=O) groups excluding carboxylic acids is 1. The zero-order chi connectivity index (χ0) is 27.0. The number of hydrogen-bond acceptors (Lipinski definition) is 3. The number of unbranched alkanes of at least 4 members (excludes halogenated alkanes) is 13. The molecule has 0 saturated heterocycles. The van der Waals surface area contributed by atoms with Crippen molar-refractivity contribution in [2.45, 2.75) is 135 Å². The van der Waals surface area contributed by atoms with E-state index in [0.717, 1.165) is 44.7 Å². The number of benzene rings is 1. The van der Waals surface area contributed by atoms with E-state index in [1.54, 1.807) is 0 Å². The summed E-state index contributed by atoms with van der Waals surface area (Å²) in [7, 11) is 4.24. The zero-order valence-electron chi connectivity index (χ0n) is 25.0. The minimum Gasteiger partial charge on any atom is -0.493 e. The second-order valence-electron chi connectivity index (χ2n) is 11.1. The van der Waals surface area contributed by atoms with Crippen molar-refractivity contribution in [3.8, 4) is 5.75 Å². The summed E-state index contributed by atoms with van der Waals surface area (Å²) >= 11 is 0. The van der Waals surface area contributed by atoms with Gasteiger partial charge in [0.1, 0.15) is 5.75 Å². The fraction of sp³-hybridized carbons (Fsp3) is 0.788. The predicted octanol–water partition coefficient (Wildman–Crippen LogP) is 8.89. The third-order valence-corrected chi connectivity index (χ3v) is 7.41. The van der Waals surface area contributed by atoms with Crippen molar-refractivity contribution in [1.29, 1.82) is 0 Å². The molecule has 4 nitrogen and oxygen atoms in total. The highest BCUT2D eigenvalue weighted by Gasteiger charge is 2.16. The molecule has 1 rings (SSSR count). The molecule has 0 saturated carbocycles. The molecule has 0 spiro atoms. The van der Waals surface area contributed by atoms with Crippen LogP contribution in [0.5, 0.6) is 5.75 Å². The molecule has 0 aliphatic carbocycles. The summed E-state index contributed by atoms with van der Waals surface area (Å²) in [5, 5.41) is 3.09. The van der Waals surface area contributed by atoms with Crippen LogP contribution in [0.1, 0.15) is 141 Å². The van der Waals surface area contributed by atoms with E-state index in [2.05, 4.69) is 55.5 Å². The Bertz CT molecular complexity index is 661. The molecule has 4 heteroatoms. The highest BCUT2D eigenvalue weighted by molar-refractivity contribution is 5.75.